The minimum atomic E-state index is -0.0641. The van der Waals surface area contributed by atoms with Crippen LogP contribution >= 0.6 is 0 Å². The van der Waals surface area contributed by atoms with E-state index in [4.69, 9.17) is 4.42 Å². The number of hydrogen-bond donors (Lipinski definition) is 0. The van der Waals surface area contributed by atoms with Gasteiger partial charge < -0.3 is 4.42 Å². The van der Waals surface area contributed by atoms with Crippen molar-refractivity contribution in [1.82, 2.24) is 0 Å². The smallest absolute Gasteiger partial charge is 0.194 e. The molecule has 1 aliphatic carbocycles. The number of furan rings is 1. The lowest BCUT2D eigenvalue weighted by Crippen LogP contribution is -2.20. The lowest BCUT2D eigenvalue weighted by Gasteiger charge is -2.16. The fraction of sp³-hybridized carbons (Fsp3) is 0. The molecule has 120 valence electrons. The first-order valence-electron chi connectivity index (χ1n) is 7.95. The molecule has 0 radical (unpaired) electrons. The highest BCUT2D eigenvalue weighted by Crippen LogP contribution is 2.26. The van der Waals surface area contributed by atoms with Crippen LogP contribution in [0, 0.1) is 0 Å². The van der Waals surface area contributed by atoms with Crippen molar-refractivity contribution in [3.05, 3.63) is 107 Å². The Morgan fingerprint density at radius 2 is 0.960 bits per heavy atom. The first-order chi connectivity index (χ1) is 12.3. The van der Waals surface area contributed by atoms with Crippen LogP contribution in [0.25, 0.3) is 11.0 Å². The van der Waals surface area contributed by atoms with Gasteiger partial charge in [0.1, 0.15) is 5.58 Å². The van der Waals surface area contributed by atoms with Crippen molar-refractivity contribution in [2.45, 2.75) is 0 Å². The van der Waals surface area contributed by atoms with Crippen LogP contribution < -0.4 is 0 Å². The first kappa shape index (κ1) is 15.1. The second-order valence-corrected chi connectivity index (χ2v) is 5.71. The lowest BCUT2D eigenvalue weighted by atomic mass is 9.84. The Labute approximate surface area is 144 Å². The van der Waals surface area contributed by atoms with Gasteiger partial charge in [-0.2, -0.15) is 0 Å². The van der Waals surface area contributed by atoms with E-state index in [0.29, 0.717) is 22.3 Å². The third-order valence-electron chi connectivity index (χ3n) is 4.19. The molecule has 0 saturated carbocycles. The summed E-state index contributed by atoms with van der Waals surface area (Å²) in [6.07, 6.45) is 1.70. The van der Waals surface area contributed by atoms with Crippen molar-refractivity contribution in [3.8, 4) is 0 Å². The Bertz CT molecular complexity index is 953. The minimum Gasteiger partial charge on any atom is -0.464 e. The molecule has 0 atom stereocenters. The van der Waals surface area contributed by atoms with E-state index in [1.807, 2.05) is 30.3 Å². The van der Waals surface area contributed by atoms with Gasteiger partial charge in [-0.15, -0.1) is 0 Å². The average Bonchev–Trinajstić information content (AvgIpc) is 3.15. The molecule has 4 aromatic rings. The maximum absolute atomic E-state index is 12.1. The highest BCUT2D eigenvalue weighted by molar-refractivity contribution is 6.28. The Kier molecular flexibility index (Phi) is 3.75. The molecule has 0 bridgehead atoms. The highest BCUT2D eigenvalue weighted by Gasteiger charge is 2.28. The molecule has 3 heteroatoms. The van der Waals surface area contributed by atoms with E-state index in [2.05, 4.69) is 0 Å². The molecular formula is C22H14O3. The summed E-state index contributed by atoms with van der Waals surface area (Å²) in [6, 6.07) is 23.8. The quantitative estimate of drug-likeness (QED) is 0.407. The summed E-state index contributed by atoms with van der Waals surface area (Å²) in [7, 11) is 0. The Balaban J connectivity index is 0.000000147. The fourth-order valence-electron chi connectivity index (χ4n) is 2.95. The Morgan fingerprint density at radius 3 is 1.44 bits per heavy atom. The van der Waals surface area contributed by atoms with Gasteiger partial charge in [-0.1, -0.05) is 66.7 Å². The van der Waals surface area contributed by atoms with Crippen LogP contribution in [-0.4, -0.2) is 11.6 Å². The van der Waals surface area contributed by atoms with E-state index >= 15 is 0 Å². The van der Waals surface area contributed by atoms with Gasteiger partial charge in [-0.3, -0.25) is 9.59 Å². The van der Waals surface area contributed by atoms with Crippen molar-refractivity contribution in [2.75, 3.05) is 0 Å². The number of para-hydroxylation sites is 1. The van der Waals surface area contributed by atoms with Crippen LogP contribution in [0.5, 0.6) is 0 Å². The number of hydrogen-bond acceptors (Lipinski definition) is 3. The largest absolute Gasteiger partial charge is 0.464 e. The van der Waals surface area contributed by atoms with Crippen LogP contribution in [0.4, 0.5) is 0 Å². The molecule has 3 aromatic carbocycles. The van der Waals surface area contributed by atoms with Gasteiger partial charge in [0.15, 0.2) is 11.6 Å². The molecule has 1 aliphatic rings. The number of rotatable bonds is 0. The van der Waals surface area contributed by atoms with Crippen molar-refractivity contribution < 1.29 is 14.0 Å². The molecule has 0 fully saturated rings. The van der Waals surface area contributed by atoms with Crippen LogP contribution in [0.15, 0.2) is 89.5 Å². The SMILES string of the molecule is O=C1c2ccccc2C(=O)c2ccccc21.c1ccc2occc2c1. The molecule has 0 aliphatic heterocycles. The van der Waals surface area contributed by atoms with Gasteiger partial charge in [-0.25, -0.2) is 0 Å². The summed E-state index contributed by atoms with van der Waals surface area (Å²) < 4.78 is 5.12. The second-order valence-electron chi connectivity index (χ2n) is 5.71. The van der Waals surface area contributed by atoms with E-state index in [0.717, 1.165) is 11.0 Å². The Morgan fingerprint density at radius 1 is 0.520 bits per heavy atom. The predicted molar refractivity (Wildman–Crippen MR) is 96.0 cm³/mol. The summed E-state index contributed by atoms with van der Waals surface area (Å²) in [5.41, 5.74) is 2.98. The predicted octanol–water partition coefficient (Wildman–Crippen LogP) is 4.89. The van der Waals surface area contributed by atoms with Gasteiger partial charge in [0.05, 0.1) is 6.26 Å². The normalized spacial score (nSPS) is 12.2. The number of fused-ring (bicyclic) bond motifs is 3. The number of benzene rings is 3. The van der Waals surface area contributed by atoms with E-state index in [9.17, 15) is 9.59 Å². The van der Waals surface area contributed by atoms with Gasteiger partial charge in [0.2, 0.25) is 0 Å². The maximum atomic E-state index is 12.1. The molecule has 0 amide bonds. The molecule has 3 nitrogen and oxygen atoms in total. The van der Waals surface area contributed by atoms with Crippen LogP contribution in [-0.2, 0) is 0 Å². The van der Waals surface area contributed by atoms with Crippen molar-refractivity contribution in [3.63, 3.8) is 0 Å². The fourth-order valence-corrected chi connectivity index (χ4v) is 2.95. The molecule has 0 N–H and O–H groups in total. The third-order valence-corrected chi connectivity index (χ3v) is 4.19. The first-order valence-corrected chi connectivity index (χ1v) is 7.95. The second kappa shape index (κ2) is 6.21. The molecule has 5 rings (SSSR count). The maximum Gasteiger partial charge on any atom is 0.194 e. The summed E-state index contributed by atoms with van der Waals surface area (Å²) in [4.78, 5) is 24.2. The zero-order chi connectivity index (χ0) is 17.2. The van der Waals surface area contributed by atoms with Crippen molar-refractivity contribution in [1.29, 1.82) is 0 Å². The average molecular weight is 326 g/mol. The number of carbonyl (C=O) groups excluding carboxylic acids is 2. The summed E-state index contributed by atoms with van der Waals surface area (Å²) in [6.45, 7) is 0. The molecule has 25 heavy (non-hydrogen) atoms. The summed E-state index contributed by atoms with van der Waals surface area (Å²) >= 11 is 0. The van der Waals surface area contributed by atoms with E-state index < -0.39 is 0 Å². The topological polar surface area (TPSA) is 47.3 Å². The molecule has 1 heterocycles. The van der Waals surface area contributed by atoms with E-state index in [1.165, 1.54) is 0 Å². The number of carbonyl (C=O) groups is 2. The zero-order valence-electron chi connectivity index (χ0n) is 13.3. The molecule has 0 spiro atoms. The molecule has 0 saturated heterocycles. The highest BCUT2D eigenvalue weighted by atomic mass is 16.3. The zero-order valence-corrected chi connectivity index (χ0v) is 13.3. The van der Waals surface area contributed by atoms with Gasteiger partial charge in [-0.05, 0) is 12.1 Å². The van der Waals surface area contributed by atoms with Gasteiger partial charge in [0.25, 0.3) is 0 Å². The minimum absolute atomic E-state index is 0.0641. The molecule has 1 aromatic heterocycles. The van der Waals surface area contributed by atoms with Crippen molar-refractivity contribution in [2.24, 2.45) is 0 Å². The molecule has 0 unspecified atom stereocenters. The monoisotopic (exact) mass is 326 g/mol. The van der Waals surface area contributed by atoms with Crippen molar-refractivity contribution >= 4 is 22.5 Å². The number of ketones is 2. The van der Waals surface area contributed by atoms with Crippen LogP contribution in [0.3, 0.4) is 0 Å². The van der Waals surface area contributed by atoms with E-state index in [1.54, 1.807) is 54.8 Å². The molecular weight excluding hydrogens is 312 g/mol. The third kappa shape index (κ3) is 2.66. The van der Waals surface area contributed by atoms with E-state index in [-0.39, 0.29) is 11.6 Å². The summed E-state index contributed by atoms with van der Waals surface area (Å²) in [5, 5.41) is 1.16. The van der Waals surface area contributed by atoms with Crippen LogP contribution in [0.1, 0.15) is 31.8 Å². The van der Waals surface area contributed by atoms with Gasteiger partial charge in [0, 0.05) is 27.6 Å². The van der Waals surface area contributed by atoms with Crippen LogP contribution in [0.2, 0.25) is 0 Å². The lowest BCUT2D eigenvalue weighted by molar-refractivity contribution is 0.0979. The van der Waals surface area contributed by atoms with Gasteiger partial charge >= 0.3 is 0 Å². The standard InChI is InChI=1S/C14H8O2.C8H6O/c15-13-9-5-1-2-6-10(9)14(16)12-8-4-3-7-11(12)13;1-2-4-8-7(3-1)5-6-9-8/h1-8H;1-6H. The Hall–Kier alpha value is -3.46. The summed E-state index contributed by atoms with van der Waals surface area (Å²) in [5.74, 6) is -0.128.